The Morgan fingerprint density at radius 2 is 1.97 bits per heavy atom. The summed E-state index contributed by atoms with van der Waals surface area (Å²) in [5, 5.41) is 12.6. The van der Waals surface area contributed by atoms with Gasteiger partial charge in [0.1, 0.15) is 11.6 Å². The van der Waals surface area contributed by atoms with Crippen molar-refractivity contribution in [2.24, 2.45) is 0 Å². The number of urea groups is 1. The lowest BCUT2D eigenvalue weighted by atomic mass is 10.1. The van der Waals surface area contributed by atoms with Crippen LogP contribution in [-0.4, -0.2) is 46.0 Å². The standard InChI is InChI=1S/C22H21FN6OS/c1-15-14-28(22-26-20(27-31-22)12-16-2-6-18(23)7-3-16)10-11-29(15)21(30)25-19-8-4-17(13-24)5-9-19/h2-9,15H,10-12,14H2,1H3,(H,25,30). The average Bonchev–Trinajstić information content (AvgIpc) is 3.24. The molecule has 1 aliphatic rings. The zero-order valence-corrected chi connectivity index (χ0v) is 17.8. The summed E-state index contributed by atoms with van der Waals surface area (Å²) in [6.07, 6.45) is 0.555. The molecule has 0 bridgehead atoms. The van der Waals surface area contributed by atoms with Gasteiger partial charge in [-0.2, -0.15) is 9.64 Å². The van der Waals surface area contributed by atoms with Crippen LogP contribution in [0.5, 0.6) is 0 Å². The molecular weight excluding hydrogens is 415 g/mol. The van der Waals surface area contributed by atoms with Gasteiger partial charge >= 0.3 is 6.03 Å². The number of nitriles is 1. The molecule has 1 atom stereocenters. The highest BCUT2D eigenvalue weighted by molar-refractivity contribution is 7.09. The van der Waals surface area contributed by atoms with Gasteiger partial charge in [-0.05, 0) is 48.9 Å². The van der Waals surface area contributed by atoms with Crippen molar-refractivity contribution in [3.8, 4) is 6.07 Å². The topological polar surface area (TPSA) is 85.2 Å². The van der Waals surface area contributed by atoms with Crippen molar-refractivity contribution in [1.82, 2.24) is 14.3 Å². The molecule has 2 amide bonds. The number of carbonyl (C=O) groups is 1. The van der Waals surface area contributed by atoms with E-state index in [4.69, 9.17) is 5.26 Å². The number of anilines is 2. The fourth-order valence-corrected chi connectivity index (χ4v) is 4.21. The SMILES string of the molecule is CC1CN(c2nc(Cc3ccc(F)cc3)ns2)CCN1C(=O)Nc1ccc(C#N)cc1. The number of halogens is 1. The Kier molecular flexibility index (Phi) is 6.09. The van der Waals surface area contributed by atoms with Gasteiger partial charge in [0, 0.05) is 49.3 Å². The minimum absolute atomic E-state index is 0.00317. The van der Waals surface area contributed by atoms with Gasteiger partial charge in [0.25, 0.3) is 0 Å². The Bertz CT molecular complexity index is 1090. The van der Waals surface area contributed by atoms with E-state index < -0.39 is 0 Å². The normalized spacial score (nSPS) is 16.1. The summed E-state index contributed by atoms with van der Waals surface area (Å²) in [4.78, 5) is 21.3. The molecule has 0 radical (unpaired) electrons. The molecule has 4 rings (SSSR count). The fraction of sp³-hybridized carbons (Fsp3) is 0.273. The van der Waals surface area contributed by atoms with Crippen LogP contribution >= 0.6 is 11.5 Å². The first-order chi connectivity index (χ1) is 15.0. The summed E-state index contributed by atoms with van der Waals surface area (Å²) in [5.74, 6) is 0.450. The van der Waals surface area contributed by atoms with E-state index in [1.165, 1.54) is 23.7 Å². The molecule has 1 unspecified atom stereocenters. The number of amides is 2. The third-order valence-corrected chi connectivity index (χ3v) is 5.97. The van der Waals surface area contributed by atoms with Crippen LogP contribution in [0.15, 0.2) is 48.5 Å². The van der Waals surface area contributed by atoms with Crippen LogP contribution in [0.4, 0.5) is 20.0 Å². The molecule has 9 heteroatoms. The molecule has 2 heterocycles. The molecule has 2 aromatic carbocycles. The molecule has 1 saturated heterocycles. The molecular formula is C22H21FN6OS. The summed E-state index contributed by atoms with van der Waals surface area (Å²) < 4.78 is 17.5. The van der Waals surface area contributed by atoms with Crippen LogP contribution in [0.25, 0.3) is 0 Å². The first kappa shape index (κ1) is 20.8. The van der Waals surface area contributed by atoms with Gasteiger partial charge in [0.05, 0.1) is 11.6 Å². The van der Waals surface area contributed by atoms with E-state index in [0.29, 0.717) is 43.1 Å². The lowest BCUT2D eigenvalue weighted by Crippen LogP contribution is -2.55. The highest BCUT2D eigenvalue weighted by Gasteiger charge is 2.29. The van der Waals surface area contributed by atoms with Crippen LogP contribution in [0.2, 0.25) is 0 Å². The number of hydrogen-bond donors (Lipinski definition) is 1. The van der Waals surface area contributed by atoms with Crippen molar-refractivity contribution < 1.29 is 9.18 Å². The first-order valence-corrected chi connectivity index (χ1v) is 10.7. The number of hydrogen-bond acceptors (Lipinski definition) is 6. The highest BCUT2D eigenvalue weighted by atomic mass is 32.1. The van der Waals surface area contributed by atoms with E-state index in [2.05, 4.69) is 25.6 Å². The smallest absolute Gasteiger partial charge is 0.322 e. The second-order valence-corrected chi connectivity index (χ2v) is 8.13. The van der Waals surface area contributed by atoms with Crippen LogP contribution in [0.1, 0.15) is 23.9 Å². The molecule has 7 nitrogen and oxygen atoms in total. The molecule has 0 aliphatic carbocycles. The molecule has 158 valence electrons. The third-order valence-electron chi connectivity index (χ3n) is 5.16. The Balaban J connectivity index is 1.34. The zero-order chi connectivity index (χ0) is 21.8. The summed E-state index contributed by atoms with van der Waals surface area (Å²) in [7, 11) is 0. The Hall–Kier alpha value is -3.51. The van der Waals surface area contributed by atoms with Gasteiger partial charge in [-0.25, -0.2) is 14.2 Å². The predicted molar refractivity (Wildman–Crippen MR) is 118 cm³/mol. The van der Waals surface area contributed by atoms with Gasteiger partial charge in [0.2, 0.25) is 5.13 Å². The van der Waals surface area contributed by atoms with E-state index in [9.17, 15) is 9.18 Å². The number of rotatable bonds is 4. The largest absolute Gasteiger partial charge is 0.343 e. The second kappa shape index (κ2) is 9.10. The Morgan fingerprint density at radius 3 is 2.65 bits per heavy atom. The molecule has 1 N–H and O–H groups in total. The number of piperazine rings is 1. The van der Waals surface area contributed by atoms with Crippen molar-refractivity contribution in [2.75, 3.05) is 29.9 Å². The zero-order valence-electron chi connectivity index (χ0n) is 17.0. The van der Waals surface area contributed by atoms with Gasteiger partial charge in [0.15, 0.2) is 0 Å². The van der Waals surface area contributed by atoms with Crippen LogP contribution in [0, 0.1) is 17.1 Å². The lowest BCUT2D eigenvalue weighted by Gasteiger charge is -2.39. The van der Waals surface area contributed by atoms with Gasteiger partial charge in [-0.3, -0.25) is 0 Å². The maximum atomic E-state index is 13.1. The molecule has 1 fully saturated rings. The van der Waals surface area contributed by atoms with Crippen LogP contribution < -0.4 is 10.2 Å². The maximum absolute atomic E-state index is 13.1. The van der Waals surface area contributed by atoms with E-state index in [-0.39, 0.29) is 17.9 Å². The van der Waals surface area contributed by atoms with E-state index in [1.807, 2.05) is 6.92 Å². The van der Waals surface area contributed by atoms with Crippen molar-refractivity contribution in [3.05, 3.63) is 71.3 Å². The minimum atomic E-state index is -0.259. The molecule has 0 saturated carbocycles. The quantitative estimate of drug-likeness (QED) is 0.671. The third kappa shape index (κ3) is 4.98. The number of benzene rings is 2. The van der Waals surface area contributed by atoms with Gasteiger partial charge < -0.3 is 15.1 Å². The van der Waals surface area contributed by atoms with Gasteiger partial charge in [-0.15, -0.1) is 0 Å². The first-order valence-electron chi connectivity index (χ1n) is 9.91. The van der Waals surface area contributed by atoms with E-state index in [1.54, 1.807) is 41.3 Å². The Morgan fingerprint density at radius 1 is 1.23 bits per heavy atom. The van der Waals surface area contributed by atoms with Crippen molar-refractivity contribution >= 4 is 28.4 Å². The van der Waals surface area contributed by atoms with E-state index >= 15 is 0 Å². The highest BCUT2D eigenvalue weighted by Crippen LogP contribution is 2.23. The number of carbonyl (C=O) groups excluding carboxylic acids is 1. The van der Waals surface area contributed by atoms with Crippen LogP contribution in [-0.2, 0) is 6.42 Å². The Labute approximate surface area is 183 Å². The van der Waals surface area contributed by atoms with Crippen LogP contribution in [0.3, 0.4) is 0 Å². The second-order valence-electron chi connectivity index (χ2n) is 7.40. The summed E-state index contributed by atoms with van der Waals surface area (Å²) >= 11 is 1.34. The maximum Gasteiger partial charge on any atom is 0.322 e. The summed E-state index contributed by atoms with van der Waals surface area (Å²) in [6.45, 7) is 3.89. The summed E-state index contributed by atoms with van der Waals surface area (Å²) in [6, 6.07) is 15.1. The lowest BCUT2D eigenvalue weighted by molar-refractivity contribution is 0.185. The average molecular weight is 437 g/mol. The van der Waals surface area contributed by atoms with Crippen molar-refractivity contribution in [2.45, 2.75) is 19.4 Å². The molecule has 1 aliphatic heterocycles. The van der Waals surface area contributed by atoms with Crippen molar-refractivity contribution in [3.63, 3.8) is 0 Å². The van der Waals surface area contributed by atoms with E-state index in [0.717, 1.165) is 10.7 Å². The predicted octanol–water partition coefficient (Wildman–Crippen LogP) is 3.88. The number of nitrogens with one attached hydrogen (secondary N) is 1. The molecule has 1 aromatic heterocycles. The van der Waals surface area contributed by atoms with Crippen molar-refractivity contribution in [1.29, 1.82) is 5.26 Å². The summed E-state index contributed by atoms with van der Waals surface area (Å²) in [5.41, 5.74) is 2.17. The number of aromatic nitrogens is 2. The molecule has 3 aromatic rings. The molecule has 31 heavy (non-hydrogen) atoms. The fourth-order valence-electron chi connectivity index (χ4n) is 3.49. The van der Waals surface area contributed by atoms with Gasteiger partial charge in [-0.1, -0.05) is 12.1 Å². The minimum Gasteiger partial charge on any atom is -0.343 e. The monoisotopic (exact) mass is 436 g/mol. The molecule has 0 spiro atoms. The number of nitrogens with zero attached hydrogens (tertiary/aromatic N) is 5.